The van der Waals surface area contributed by atoms with Crippen molar-refractivity contribution in [2.75, 3.05) is 45.3 Å². The Morgan fingerprint density at radius 3 is 2.21 bits per heavy atom. The topological polar surface area (TPSA) is 52.6 Å². The number of hydrogen-bond acceptors (Lipinski definition) is 7. The minimum Gasteiger partial charge on any atom is -0.455 e. The molecule has 0 amide bonds. The van der Waals surface area contributed by atoms with E-state index >= 15 is 0 Å². The van der Waals surface area contributed by atoms with E-state index in [0.29, 0.717) is 6.61 Å². The Kier molecular flexibility index (Phi) is 6.23. The largest absolute Gasteiger partial charge is 0.455 e. The molecule has 8 heteroatoms. The number of pyridine rings is 1. The van der Waals surface area contributed by atoms with Crippen LogP contribution in [0.5, 0.6) is 11.5 Å². The number of nitrogens with one attached hydrogen (secondary N) is 1. The van der Waals surface area contributed by atoms with Crippen molar-refractivity contribution in [3.8, 4) is 22.6 Å². The van der Waals surface area contributed by atoms with Crippen molar-refractivity contribution < 1.29 is 9.26 Å². The summed E-state index contributed by atoms with van der Waals surface area (Å²) in [7, 11) is 2.00. The standard InChI is InChI=1S/C25H30N5O2P/c1-26-28(2)24-9-4-20(19-31-33(3,29-14-15-29)30-16-17-30)18-25(24)32-23-7-5-21(6-8-23)22-10-12-27-13-11-22/h4-13,18,26H,3,14-17,19H2,1-2H3. The number of anilines is 1. The molecule has 3 heterocycles. The fourth-order valence-electron chi connectivity index (χ4n) is 3.75. The fraction of sp³-hybridized carbons (Fsp3) is 0.280. The van der Waals surface area contributed by atoms with Crippen molar-refractivity contribution in [3.63, 3.8) is 0 Å². The van der Waals surface area contributed by atoms with Crippen LogP contribution in [-0.4, -0.2) is 60.9 Å². The minimum absolute atomic E-state index is 0.519. The monoisotopic (exact) mass is 463 g/mol. The number of hydrazine groups is 1. The Labute approximate surface area is 195 Å². The van der Waals surface area contributed by atoms with Crippen LogP contribution < -0.4 is 15.2 Å². The molecule has 2 aliphatic rings. The second-order valence-electron chi connectivity index (χ2n) is 8.29. The first-order valence-corrected chi connectivity index (χ1v) is 13.0. The van der Waals surface area contributed by atoms with Gasteiger partial charge in [0.25, 0.3) is 0 Å². The number of ether oxygens (including phenoxy) is 1. The van der Waals surface area contributed by atoms with Crippen LogP contribution in [0, 0.1) is 0 Å². The van der Waals surface area contributed by atoms with Crippen LogP contribution in [0.4, 0.5) is 5.69 Å². The van der Waals surface area contributed by atoms with E-state index in [-0.39, 0.29) is 0 Å². The molecule has 2 fully saturated rings. The third kappa shape index (κ3) is 4.98. The van der Waals surface area contributed by atoms with Crippen molar-refractivity contribution in [2.45, 2.75) is 6.61 Å². The molecule has 33 heavy (non-hydrogen) atoms. The van der Waals surface area contributed by atoms with Gasteiger partial charge in [0.2, 0.25) is 0 Å². The molecule has 0 aliphatic carbocycles. The van der Waals surface area contributed by atoms with Gasteiger partial charge in [0, 0.05) is 52.7 Å². The lowest BCUT2D eigenvalue weighted by atomic mass is 10.1. The molecule has 2 aliphatic heterocycles. The highest BCUT2D eigenvalue weighted by molar-refractivity contribution is 7.65. The summed E-state index contributed by atoms with van der Waals surface area (Å²) >= 11 is 0. The molecule has 1 N–H and O–H groups in total. The molecule has 0 unspecified atom stereocenters. The predicted octanol–water partition coefficient (Wildman–Crippen LogP) is 4.45. The zero-order valence-corrected chi connectivity index (χ0v) is 20.0. The summed E-state index contributed by atoms with van der Waals surface area (Å²) in [6.45, 7) is 4.87. The van der Waals surface area contributed by atoms with Gasteiger partial charge in [-0.1, -0.05) is 18.2 Å². The molecule has 0 radical (unpaired) electrons. The van der Waals surface area contributed by atoms with Gasteiger partial charge >= 0.3 is 0 Å². The predicted molar refractivity (Wildman–Crippen MR) is 136 cm³/mol. The first-order valence-electron chi connectivity index (χ1n) is 11.2. The maximum atomic E-state index is 6.42. The Balaban J connectivity index is 1.35. The highest BCUT2D eigenvalue weighted by atomic mass is 31.2. The van der Waals surface area contributed by atoms with E-state index in [4.69, 9.17) is 9.26 Å². The normalized spacial score (nSPS) is 15.9. The van der Waals surface area contributed by atoms with Crippen LogP contribution in [0.3, 0.4) is 0 Å². The molecular weight excluding hydrogens is 433 g/mol. The first kappa shape index (κ1) is 22.1. The van der Waals surface area contributed by atoms with Crippen LogP contribution in [0.25, 0.3) is 11.1 Å². The van der Waals surface area contributed by atoms with Crippen LogP contribution in [-0.2, 0) is 11.1 Å². The third-order valence-electron chi connectivity index (χ3n) is 5.99. The molecule has 0 spiro atoms. The second-order valence-corrected chi connectivity index (χ2v) is 11.0. The number of rotatable bonds is 10. The highest BCUT2D eigenvalue weighted by Gasteiger charge is 2.42. The molecule has 2 saturated heterocycles. The molecular formula is C25H30N5O2P. The van der Waals surface area contributed by atoms with Crippen molar-refractivity contribution in [1.29, 1.82) is 0 Å². The smallest absolute Gasteiger partial charge is 0.152 e. The van der Waals surface area contributed by atoms with E-state index in [1.165, 1.54) is 0 Å². The van der Waals surface area contributed by atoms with Gasteiger partial charge in [-0.3, -0.25) is 4.98 Å². The Morgan fingerprint density at radius 1 is 0.970 bits per heavy atom. The van der Waals surface area contributed by atoms with Gasteiger partial charge in [0.05, 0.1) is 12.3 Å². The molecule has 172 valence electrons. The molecule has 3 aromatic rings. The zero-order valence-electron chi connectivity index (χ0n) is 19.1. The fourth-order valence-corrected chi connectivity index (χ4v) is 6.22. The molecule has 0 atom stereocenters. The molecule has 7 nitrogen and oxygen atoms in total. The zero-order chi connectivity index (χ0) is 22.8. The van der Waals surface area contributed by atoms with Crippen LogP contribution in [0.1, 0.15) is 5.56 Å². The lowest BCUT2D eigenvalue weighted by Crippen LogP contribution is -2.30. The minimum atomic E-state index is -1.86. The van der Waals surface area contributed by atoms with Gasteiger partial charge in [0.1, 0.15) is 13.2 Å². The summed E-state index contributed by atoms with van der Waals surface area (Å²) in [5.41, 5.74) is 7.44. The van der Waals surface area contributed by atoms with Gasteiger partial charge < -0.3 is 14.3 Å². The molecule has 0 saturated carbocycles. The van der Waals surface area contributed by atoms with Crippen molar-refractivity contribution >= 4 is 19.4 Å². The average Bonchev–Trinajstić information content (AvgIpc) is 3.76. The lowest BCUT2D eigenvalue weighted by molar-refractivity contribution is 0.307. The van der Waals surface area contributed by atoms with E-state index in [1.807, 2.05) is 43.4 Å². The van der Waals surface area contributed by atoms with Crippen molar-refractivity contribution in [2.24, 2.45) is 0 Å². The second kappa shape index (κ2) is 9.29. The summed E-state index contributed by atoms with van der Waals surface area (Å²) in [6.07, 6.45) is 8.08. The average molecular weight is 464 g/mol. The van der Waals surface area contributed by atoms with Crippen LogP contribution in [0.2, 0.25) is 0 Å². The summed E-state index contributed by atoms with van der Waals surface area (Å²) < 4.78 is 17.5. The summed E-state index contributed by atoms with van der Waals surface area (Å²) in [5, 5.41) is 1.94. The van der Waals surface area contributed by atoms with E-state index in [9.17, 15) is 0 Å². The molecule has 2 aromatic carbocycles. The van der Waals surface area contributed by atoms with Crippen molar-refractivity contribution in [3.05, 3.63) is 72.6 Å². The summed E-state index contributed by atoms with van der Waals surface area (Å²) in [6, 6.07) is 18.3. The lowest BCUT2D eigenvalue weighted by Gasteiger charge is -2.27. The Morgan fingerprint density at radius 2 is 1.61 bits per heavy atom. The van der Waals surface area contributed by atoms with Crippen LogP contribution >= 0.6 is 7.41 Å². The number of nitrogens with zero attached hydrogens (tertiary/aromatic N) is 4. The van der Waals surface area contributed by atoms with E-state index in [0.717, 1.165) is 60.1 Å². The van der Waals surface area contributed by atoms with Crippen molar-refractivity contribution in [1.82, 2.24) is 19.8 Å². The maximum absolute atomic E-state index is 6.42. The third-order valence-corrected chi connectivity index (χ3v) is 9.10. The molecule has 5 rings (SSSR count). The molecule has 0 bridgehead atoms. The Hall–Kier alpha value is -2.67. The van der Waals surface area contributed by atoms with E-state index in [2.05, 4.69) is 56.4 Å². The van der Waals surface area contributed by atoms with Gasteiger partial charge in [-0.05, 0) is 59.4 Å². The SMILES string of the molecule is C=P(OCc1ccc(N(C)NC)c(Oc2ccc(-c3ccncc3)cc2)c1)(N1CC1)N1CC1. The van der Waals surface area contributed by atoms with Gasteiger partial charge in [-0.2, -0.15) is 0 Å². The number of aromatic nitrogens is 1. The van der Waals surface area contributed by atoms with Gasteiger partial charge in [-0.25, -0.2) is 14.8 Å². The van der Waals surface area contributed by atoms with Gasteiger partial charge in [0.15, 0.2) is 5.75 Å². The summed E-state index contributed by atoms with van der Waals surface area (Å²) in [5.74, 6) is 1.56. The number of hydrogen-bond donors (Lipinski definition) is 1. The maximum Gasteiger partial charge on any atom is 0.152 e. The quantitative estimate of drug-likeness (QED) is 0.271. The van der Waals surface area contributed by atoms with Gasteiger partial charge in [-0.15, -0.1) is 0 Å². The van der Waals surface area contributed by atoms with E-state index in [1.54, 1.807) is 12.4 Å². The molecule has 1 aromatic heterocycles. The highest BCUT2D eigenvalue weighted by Crippen LogP contribution is 2.61. The number of benzene rings is 2. The first-order chi connectivity index (χ1) is 16.1. The Bertz CT molecular complexity index is 1130. The van der Waals surface area contributed by atoms with E-state index < -0.39 is 7.41 Å². The summed E-state index contributed by atoms with van der Waals surface area (Å²) in [4.78, 5) is 4.09. The van der Waals surface area contributed by atoms with Crippen LogP contribution in [0.15, 0.2) is 67.0 Å².